The molecule has 2 amide bonds. The number of carbonyl (C=O) groups is 2. The van der Waals surface area contributed by atoms with Crippen molar-refractivity contribution in [1.29, 1.82) is 0 Å². The van der Waals surface area contributed by atoms with Crippen LogP contribution >= 0.6 is 22.9 Å². The van der Waals surface area contributed by atoms with E-state index < -0.39 is 5.91 Å². The standard InChI is InChI=1S/C19H22ClN3O2S/c1-18(2)9-12-13(15(21)24)17(26-14(12)19(3,4)23-18)22-16(25)10-5-7-11(20)8-6-10/h5-8,23H,9H2,1-4H3,(H2,21,24)(H,22,25). The van der Waals surface area contributed by atoms with E-state index in [4.69, 9.17) is 17.3 Å². The van der Waals surface area contributed by atoms with E-state index in [1.165, 1.54) is 11.3 Å². The molecule has 1 aromatic heterocycles. The highest BCUT2D eigenvalue weighted by atomic mass is 35.5. The highest BCUT2D eigenvalue weighted by Crippen LogP contribution is 2.44. The molecule has 0 bridgehead atoms. The van der Waals surface area contributed by atoms with E-state index in [0.717, 1.165) is 10.4 Å². The van der Waals surface area contributed by atoms with Crippen LogP contribution in [0, 0.1) is 0 Å². The first-order valence-electron chi connectivity index (χ1n) is 8.32. The maximum Gasteiger partial charge on any atom is 0.256 e. The van der Waals surface area contributed by atoms with Gasteiger partial charge in [-0.25, -0.2) is 0 Å². The quantitative estimate of drug-likeness (QED) is 0.741. The Bertz CT molecular complexity index is 885. The zero-order chi connectivity index (χ0) is 19.3. The van der Waals surface area contributed by atoms with Crippen LogP contribution in [-0.4, -0.2) is 17.4 Å². The van der Waals surface area contributed by atoms with Gasteiger partial charge < -0.3 is 16.4 Å². The fourth-order valence-corrected chi connectivity index (χ4v) is 5.06. The minimum absolute atomic E-state index is 0.181. The topological polar surface area (TPSA) is 84.2 Å². The van der Waals surface area contributed by atoms with Crippen LogP contribution in [0.5, 0.6) is 0 Å². The van der Waals surface area contributed by atoms with E-state index in [-0.39, 0.29) is 17.0 Å². The van der Waals surface area contributed by atoms with Gasteiger partial charge in [0.25, 0.3) is 11.8 Å². The fourth-order valence-electron chi connectivity index (χ4n) is 3.65. The SMILES string of the molecule is CC1(C)Cc2c(sc(NC(=O)c3ccc(Cl)cc3)c2C(N)=O)C(C)(C)N1. The smallest absolute Gasteiger partial charge is 0.256 e. The lowest BCUT2D eigenvalue weighted by atomic mass is 9.81. The molecule has 0 atom stereocenters. The van der Waals surface area contributed by atoms with Gasteiger partial charge in [0.05, 0.1) is 5.56 Å². The number of carbonyl (C=O) groups excluding carboxylic acids is 2. The Balaban J connectivity index is 2.03. The molecular weight excluding hydrogens is 370 g/mol. The lowest BCUT2D eigenvalue weighted by molar-refractivity contribution is 0.0999. The summed E-state index contributed by atoms with van der Waals surface area (Å²) in [6, 6.07) is 6.59. The zero-order valence-corrected chi connectivity index (χ0v) is 16.8. The van der Waals surface area contributed by atoms with E-state index in [9.17, 15) is 9.59 Å². The predicted octanol–water partition coefficient (Wildman–Crippen LogP) is 3.91. The highest BCUT2D eigenvalue weighted by molar-refractivity contribution is 7.17. The molecule has 0 radical (unpaired) electrons. The largest absolute Gasteiger partial charge is 0.365 e. The molecule has 26 heavy (non-hydrogen) atoms. The number of halogens is 1. The second-order valence-corrected chi connectivity index (χ2v) is 9.21. The molecule has 1 aliphatic heterocycles. The molecule has 0 fully saturated rings. The lowest BCUT2D eigenvalue weighted by Crippen LogP contribution is -2.55. The van der Waals surface area contributed by atoms with Crippen LogP contribution in [0.3, 0.4) is 0 Å². The number of benzene rings is 1. The minimum atomic E-state index is -0.526. The summed E-state index contributed by atoms with van der Waals surface area (Å²) in [5, 5.41) is 7.50. The van der Waals surface area contributed by atoms with Crippen molar-refractivity contribution in [3.63, 3.8) is 0 Å². The predicted molar refractivity (Wildman–Crippen MR) is 106 cm³/mol. The van der Waals surface area contributed by atoms with Gasteiger partial charge in [-0.15, -0.1) is 11.3 Å². The average Bonchev–Trinajstić information content (AvgIpc) is 2.84. The van der Waals surface area contributed by atoms with Gasteiger partial charge >= 0.3 is 0 Å². The Morgan fingerprint density at radius 1 is 1.19 bits per heavy atom. The van der Waals surface area contributed by atoms with Gasteiger partial charge in [0.2, 0.25) is 0 Å². The number of thiophene rings is 1. The molecule has 0 saturated heterocycles. The molecule has 0 spiro atoms. The normalized spacial score (nSPS) is 17.4. The van der Waals surface area contributed by atoms with E-state index in [0.29, 0.717) is 27.6 Å². The van der Waals surface area contributed by atoms with Gasteiger partial charge in [-0.05, 0) is 63.9 Å². The van der Waals surface area contributed by atoms with E-state index in [2.05, 4.69) is 38.3 Å². The lowest BCUT2D eigenvalue weighted by Gasteiger charge is -2.42. The zero-order valence-electron chi connectivity index (χ0n) is 15.2. The van der Waals surface area contributed by atoms with Crippen LogP contribution in [0.4, 0.5) is 5.00 Å². The number of anilines is 1. The van der Waals surface area contributed by atoms with E-state index in [1.54, 1.807) is 24.3 Å². The van der Waals surface area contributed by atoms with Crippen molar-refractivity contribution in [2.75, 3.05) is 5.32 Å². The molecule has 1 aromatic carbocycles. The van der Waals surface area contributed by atoms with Crippen molar-refractivity contribution in [3.8, 4) is 0 Å². The molecule has 3 rings (SSSR count). The van der Waals surface area contributed by atoms with Crippen molar-refractivity contribution in [2.24, 2.45) is 5.73 Å². The van der Waals surface area contributed by atoms with Crippen LogP contribution in [0.2, 0.25) is 5.02 Å². The van der Waals surface area contributed by atoms with Crippen LogP contribution in [0.15, 0.2) is 24.3 Å². The third-order valence-corrected chi connectivity index (χ3v) is 6.15. The maximum atomic E-state index is 12.6. The number of nitrogens with two attached hydrogens (primary N) is 1. The first-order chi connectivity index (χ1) is 12.0. The third-order valence-electron chi connectivity index (χ3n) is 4.42. The summed E-state index contributed by atoms with van der Waals surface area (Å²) < 4.78 is 0. The molecular formula is C19H22ClN3O2S. The maximum absolute atomic E-state index is 12.6. The molecule has 5 nitrogen and oxygen atoms in total. The van der Waals surface area contributed by atoms with Crippen molar-refractivity contribution in [1.82, 2.24) is 5.32 Å². The van der Waals surface area contributed by atoms with Gasteiger partial charge in [0.15, 0.2) is 0 Å². The van der Waals surface area contributed by atoms with Gasteiger partial charge in [0, 0.05) is 26.5 Å². The summed E-state index contributed by atoms with van der Waals surface area (Å²) in [6.45, 7) is 8.32. The number of nitrogens with one attached hydrogen (secondary N) is 2. The number of primary amides is 1. The average molecular weight is 392 g/mol. The molecule has 2 aromatic rings. The van der Waals surface area contributed by atoms with Crippen LogP contribution in [0.1, 0.15) is 58.9 Å². The minimum Gasteiger partial charge on any atom is -0.365 e. The number of rotatable bonds is 3. The summed E-state index contributed by atoms with van der Waals surface area (Å²) in [4.78, 5) is 25.8. The highest BCUT2D eigenvalue weighted by Gasteiger charge is 2.41. The Morgan fingerprint density at radius 3 is 2.38 bits per heavy atom. The molecule has 0 aliphatic carbocycles. The number of hydrogen-bond acceptors (Lipinski definition) is 4. The van der Waals surface area contributed by atoms with E-state index >= 15 is 0 Å². The summed E-state index contributed by atoms with van der Waals surface area (Å²) >= 11 is 7.28. The Morgan fingerprint density at radius 2 is 1.81 bits per heavy atom. The van der Waals surface area contributed by atoms with Crippen molar-refractivity contribution < 1.29 is 9.59 Å². The van der Waals surface area contributed by atoms with Gasteiger partial charge in [-0.3, -0.25) is 9.59 Å². The number of fused-ring (bicyclic) bond motifs is 1. The summed E-state index contributed by atoms with van der Waals surface area (Å²) in [6.07, 6.45) is 0.664. The molecule has 4 N–H and O–H groups in total. The first-order valence-corrected chi connectivity index (χ1v) is 9.52. The third kappa shape index (κ3) is 3.49. The van der Waals surface area contributed by atoms with Crippen molar-refractivity contribution in [2.45, 2.75) is 45.2 Å². The van der Waals surface area contributed by atoms with Gasteiger partial charge in [0.1, 0.15) is 5.00 Å². The van der Waals surface area contributed by atoms with Crippen LogP contribution in [-0.2, 0) is 12.0 Å². The molecule has 7 heteroatoms. The number of hydrogen-bond donors (Lipinski definition) is 3. The molecule has 0 unspecified atom stereocenters. The summed E-state index contributed by atoms with van der Waals surface area (Å²) in [5.74, 6) is -0.824. The molecule has 0 saturated carbocycles. The Hall–Kier alpha value is -1.89. The molecule has 2 heterocycles. The second-order valence-electron chi connectivity index (χ2n) is 7.75. The van der Waals surface area contributed by atoms with Crippen LogP contribution in [0.25, 0.3) is 0 Å². The Labute approximate surface area is 161 Å². The monoisotopic (exact) mass is 391 g/mol. The van der Waals surface area contributed by atoms with Gasteiger partial charge in [-0.1, -0.05) is 11.6 Å². The molecule has 1 aliphatic rings. The van der Waals surface area contributed by atoms with Crippen molar-refractivity contribution >= 4 is 39.8 Å². The van der Waals surface area contributed by atoms with Gasteiger partial charge in [-0.2, -0.15) is 0 Å². The fraction of sp³-hybridized carbons (Fsp3) is 0.368. The van der Waals surface area contributed by atoms with E-state index in [1.807, 2.05) is 0 Å². The summed E-state index contributed by atoms with van der Waals surface area (Å²) in [7, 11) is 0. The number of amides is 2. The molecule has 138 valence electrons. The van der Waals surface area contributed by atoms with Crippen LogP contribution < -0.4 is 16.4 Å². The Kier molecular flexibility index (Phi) is 4.63. The summed E-state index contributed by atoms with van der Waals surface area (Å²) in [5.41, 5.74) is 6.97. The second kappa shape index (κ2) is 6.37. The van der Waals surface area contributed by atoms with Crippen molar-refractivity contribution in [3.05, 3.63) is 50.9 Å². The first kappa shape index (κ1) is 18.9.